The first kappa shape index (κ1) is 13.6. The number of ether oxygens (including phenoxy) is 1. The zero-order chi connectivity index (χ0) is 13.7. The molecule has 19 heavy (non-hydrogen) atoms. The molecule has 2 rings (SSSR count). The van der Waals surface area contributed by atoms with Gasteiger partial charge >= 0.3 is 0 Å². The van der Waals surface area contributed by atoms with Crippen molar-refractivity contribution >= 4 is 0 Å². The molecule has 100 valence electrons. The van der Waals surface area contributed by atoms with Gasteiger partial charge in [-0.05, 0) is 31.7 Å². The van der Waals surface area contributed by atoms with Gasteiger partial charge in [-0.15, -0.1) is 0 Å². The van der Waals surface area contributed by atoms with Gasteiger partial charge in [0.2, 0.25) is 0 Å². The summed E-state index contributed by atoms with van der Waals surface area (Å²) in [5, 5.41) is 3.25. The van der Waals surface area contributed by atoms with Crippen LogP contribution in [-0.2, 0) is 0 Å². The summed E-state index contributed by atoms with van der Waals surface area (Å²) in [6.45, 7) is 2.11. The highest BCUT2D eigenvalue weighted by Gasteiger charge is 2.12. The van der Waals surface area contributed by atoms with Crippen LogP contribution < -0.4 is 10.1 Å². The van der Waals surface area contributed by atoms with E-state index in [1.165, 1.54) is 12.1 Å². The Morgan fingerprint density at radius 1 is 1.16 bits per heavy atom. The highest BCUT2D eigenvalue weighted by Crippen LogP contribution is 2.30. The number of hydrogen-bond donors (Lipinski definition) is 1. The SMILES string of the molecule is CCC(NC)c1ccccc1Oc1cccc(F)c1. The van der Waals surface area contributed by atoms with Gasteiger partial charge in [-0.2, -0.15) is 0 Å². The average molecular weight is 259 g/mol. The van der Waals surface area contributed by atoms with Crippen LogP contribution in [0.1, 0.15) is 24.9 Å². The number of halogens is 1. The van der Waals surface area contributed by atoms with Crippen LogP contribution in [0.4, 0.5) is 4.39 Å². The largest absolute Gasteiger partial charge is 0.457 e. The minimum Gasteiger partial charge on any atom is -0.457 e. The van der Waals surface area contributed by atoms with Crippen LogP contribution in [-0.4, -0.2) is 7.05 Å². The van der Waals surface area contributed by atoms with E-state index in [1.54, 1.807) is 12.1 Å². The van der Waals surface area contributed by atoms with Crippen molar-refractivity contribution in [2.24, 2.45) is 0 Å². The van der Waals surface area contributed by atoms with Crippen molar-refractivity contribution in [3.05, 3.63) is 59.9 Å². The molecule has 0 radical (unpaired) electrons. The van der Waals surface area contributed by atoms with Crippen LogP contribution in [0.5, 0.6) is 11.5 Å². The molecule has 0 saturated heterocycles. The second-order valence-electron chi connectivity index (χ2n) is 4.35. The number of rotatable bonds is 5. The molecule has 0 aliphatic carbocycles. The van der Waals surface area contributed by atoms with E-state index in [0.717, 1.165) is 17.7 Å². The molecule has 0 fully saturated rings. The molecule has 0 spiro atoms. The first-order chi connectivity index (χ1) is 9.24. The van der Waals surface area contributed by atoms with Gasteiger partial charge < -0.3 is 10.1 Å². The van der Waals surface area contributed by atoms with Gasteiger partial charge in [0.05, 0.1) is 0 Å². The Hall–Kier alpha value is -1.87. The minimum atomic E-state index is -0.296. The second-order valence-corrected chi connectivity index (χ2v) is 4.35. The Morgan fingerprint density at radius 2 is 1.95 bits per heavy atom. The van der Waals surface area contributed by atoms with Crippen molar-refractivity contribution in [1.82, 2.24) is 5.32 Å². The summed E-state index contributed by atoms with van der Waals surface area (Å²) in [5.74, 6) is 0.975. The van der Waals surface area contributed by atoms with Gasteiger partial charge in [-0.25, -0.2) is 4.39 Å². The van der Waals surface area contributed by atoms with Gasteiger partial charge in [-0.3, -0.25) is 0 Å². The van der Waals surface area contributed by atoms with E-state index in [4.69, 9.17) is 4.74 Å². The molecule has 2 aromatic carbocycles. The van der Waals surface area contributed by atoms with Gasteiger partial charge in [-0.1, -0.05) is 31.2 Å². The number of nitrogens with one attached hydrogen (secondary N) is 1. The highest BCUT2D eigenvalue weighted by atomic mass is 19.1. The summed E-state index contributed by atoms with van der Waals surface area (Å²) in [6.07, 6.45) is 0.958. The fourth-order valence-corrected chi connectivity index (χ4v) is 2.10. The van der Waals surface area contributed by atoms with E-state index in [1.807, 2.05) is 31.3 Å². The van der Waals surface area contributed by atoms with Crippen molar-refractivity contribution in [3.63, 3.8) is 0 Å². The van der Waals surface area contributed by atoms with E-state index < -0.39 is 0 Å². The predicted octanol–water partition coefficient (Wildman–Crippen LogP) is 4.29. The zero-order valence-corrected chi connectivity index (χ0v) is 11.2. The number of hydrogen-bond acceptors (Lipinski definition) is 2. The Morgan fingerprint density at radius 3 is 2.63 bits per heavy atom. The van der Waals surface area contributed by atoms with Crippen LogP contribution in [0.15, 0.2) is 48.5 Å². The molecule has 0 aliphatic rings. The monoisotopic (exact) mass is 259 g/mol. The third kappa shape index (κ3) is 3.32. The van der Waals surface area contributed by atoms with Gasteiger partial charge in [0.25, 0.3) is 0 Å². The lowest BCUT2D eigenvalue weighted by atomic mass is 10.0. The molecule has 3 heteroatoms. The maximum Gasteiger partial charge on any atom is 0.132 e. The lowest BCUT2D eigenvalue weighted by Crippen LogP contribution is -2.15. The zero-order valence-electron chi connectivity index (χ0n) is 11.2. The minimum absolute atomic E-state index is 0.227. The Labute approximate surface area is 113 Å². The summed E-state index contributed by atoms with van der Waals surface area (Å²) < 4.78 is 19.0. The lowest BCUT2D eigenvalue weighted by Gasteiger charge is -2.18. The molecule has 1 unspecified atom stereocenters. The van der Waals surface area contributed by atoms with Crippen LogP contribution in [0.25, 0.3) is 0 Å². The molecule has 1 N–H and O–H groups in total. The standard InChI is InChI=1S/C16H18FNO/c1-3-15(18-2)14-9-4-5-10-16(14)19-13-8-6-7-12(17)11-13/h4-11,15,18H,3H2,1-2H3. The van der Waals surface area contributed by atoms with Crippen molar-refractivity contribution in [2.75, 3.05) is 7.05 Å². The van der Waals surface area contributed by atoms with E-state index in [2.05, 4.69) is 12.2 Å². The van der Waals surface area contributed by atoms with E-state index in [0.29, 0.717) is 5.75 Å². The van der Waals surface area contributed by atoms with Gasteiger partial charge in [0.15, 0.2) is 0 Å². The van der Waals surface area contributed by atoms with Crippen LogP contribution >= 0.6 is 0 Å². The smallest absolute Gasteiger partial charge is 0.132 e. The summed E-state index contributed by atoms with van der Waals surface area (Å²) in [5.41, 5.74) is 1.08. The summed E-state index contributed by atoms with van der Waals surface area (Å²) in [6, 6.07) is 14.2. The maximum atomic E-state index is 13.2. The Balaban J connectivity index is 2.30. The van der Waals surface area contributed by atoms with Crippen LogP contribution in [0.2, 0.25) is 0 Å². The first-order valence-electron chi connectivity index (χ1n) is 6.44. The summed E-state index contributed by atoms with van der Waals surface area (Å²) >= 11 is 0. The predicted molar refractivity (Wildman–Crippen MR) is 75.0 cm³/mol. The van der Waals surface area contributed by atoms with E-state index in [-0.39, 0.29) is 11.9 Å². The molecule has 0 aliphatic heterocycles. The first-order valence-corrected chi connectivity index (χ1v) is 6.44. The molecular weight excluding hydrogens is 241 g/mol. The molecule has 0 heterocycles. The summed E-state index contributed by atoms with van der Waals surface area (Å²) in [7, 11) is 1.92. The van der Waals surface area contributed by atoms with Crippen molar-refractivity contribution in [3.8, 4) is 11.5 Å². The summed E-state index contributed by atoms with van der Waals surface area (Å²) in [4.78, 5) is 0. The third-order valence-corrected chi connectivity index (χ3v) is 3.08. The van der Waals surface area contributed by atoms with Crippen LogP contribution in [0, 0.1) is 5.82 Å². The van der Waals surface area contributed by atoms with E-state index in [9.17, 15) is 4.39 Å². The van der Waals surface area contributed by atoms with Crippen LogP contribution in [0.3, 0.4) is 0 Å². The third-order valence-electron chi connectivity index (χ3n) is 3.08. The van der Waals surface area contributed by atoms with Crippen molar-refractivity contribution < 1.29 is 9.13 Å². The fourth-order valence-electron chi connectivity index (χ4n) is 2.10. The second kappa shape index (κ2) is 6.34. The number of benzene rings is 2. The Bertz CT molecular complexity index is 538. The number of para-hydroxylation sites is 1. The lowest BCUT2D eigenvalue weighted by molar-refractivity contribution is 0.455. The molecule has 1 atom stereocenters. The highest BCUT2D eigenvalue weighted by molar-refractivity contribution is 5.39. The van der Waals surface area contributed by atoms with Crippen molar-refractivity contribution in [2.45, 2.75) is 19.4 Å². The molecule has 0 bridgehead atoms. The van der Waals surface area contributed by atoms with Crippen molar-refractivity contribution in [1.29, 1.82) is 0 Å². The quantitative estimate of drug-likeness (QED) is 0.865. The molecule has 0 aromatic heterocycles. The molecule has 2 nitrogen and oxygen atoms in total. The molecule has 0 saturated carbocycles. The molecular formula is C16H18FNO. The van der Waals surface area contributed by atoms with E-state index >= 15 is 0 Å². The van der Waals surface area contributed by atoms with Gasteiger partial charge in [0.1, 0.15) is 17.3 Å². The fraction of sp³-hybridized carbons (Fsp3) is 0.250. The normalized spacial score (nSPS) is 12.2. The molecule has 2 aromatic rings. The average Bonchev–Trinajstić information content (AvgIpc) is 2.42. The Kier molecular flexibility index (Phi) is 4.53. The topological polar surface area (TPSA) is 21.3 Å². The van der Waals surface area contributed by atoms with Gasteiger partial charge in [0, 0.05) is 17.7 Å². The molecule has 0 amide bonds. The maximum absolute atomic E-state index is 13.2.